The van der Waals surface area contributed by atoms with Crippen LogP contribution in [0.2, 0.25) is 0 Å². The average Bonchev–Trinajstić information content (AvgIpc) is 2.46. The van der Waals surface area contributed by atoms with Gasteiger partial charge >= 0.3 is 0 Å². The van der Waals surface area contributed by atoms with E-state index in [0.29, 0.717) is 12.5 Å². The normalized spacial score (nSPS) is 10.9. The number of benzene rings is 1. The summed E-state index contributed by atoms with van der Waals surface area (Å²) in [5, 5.41) is 3.43. The summed E-state index contributed by atoms with van der Waals surface area (Å²) in [5.41, 5.74) is 3.25. The van der Waals surface area contributed by atoms with Crippen LogP contribution >= 0.6 is 0 Å². The molecule has 2 rings (SSSR count). The Kier molecular flexibility index (Phi) is 5.76. The molecule has 0 spiro atoms. The minimum atomic E-state index is 0.507. The zero-order valence-electron chi connectivity index (χ0n) is 13.1. The summed E-state index contributed by atoms with van der Waals surface area (Å²) in [6.07, 6.45) is 0. The van der Waals surface area contributed by atoms with E-state index < -0.39 is 0 Å². The van der Waals surface area contributed by atoms with E-state index in [1.807, 2.05) is 37.3 Å². The lowest BCUT2D eigenvalue weighted by Gasteiger charge is -2.09. The Morgan fingerprint density at radius 2 is 1.86 bits per heavy atom. The van der Waals surface area contributed by atoms with E-state index in [0.717, 1.165) is 30.2 Å². The Labute approximate surface area is 127 Å². The molecule has 0 saturated heterocycles. The van der Waals surface area contributed by atoms with E-state index in [1.54, 1.807) is 0 Å². The number of hydrogen-bond acceptors (Lipinski definition) is 3. The van der Waals surface area contributed by atoms with Crippen molar-refractivity contribution in [3.63, 3.8) is 0 Å². The van der Waals surface area contributed by atoms with Crippen molar-refractivity contribution >= 4 is 0 Å². The minimum absolute atomic E-state index is 0.507. The van der Waals surface area contributed by atoms with Crippen molar-refractivity contribution in [2.24, 2.45) is 5.92 Å². The van der Waals surface area contributed by atoms with E-state index in [-0.39, 0.29) is 0 Å². The number of pyridine rings is 1. The third-order valence-corrected chi connectivity index (χ3v) is 3.14. The van der Waals surface area contributed by atoms with Gasteiger partial charge in [-0.2, -0.15) is 0 Å². The number of aromatic nitrogens is 1. The maximum absolute atomic E-state index is 5.76. The van der Waals surface area contributed by atoms with Gasteiger partial charge in [0.25, 0.3) is 0 Å². The summed E-state index contributed by atoms with van der Waals surface area (Å²) in [4.78, 5) is 4.43. The fourth-order valence-corrected chi connectivity index (χ4v) is 2.05. The number of aryl methyl sites for hydroxylation is 1. The Morgan fingerprint density at radius 3 is 2.52 bits per heavy atom. The maximum Gasteiger partial charge on any atom is 0.130 e. The lowest BCUT2D eigenvalue weighted by molar-refractivity contribution is 0.301. The monoisotopic (exact) mass is 284 g/mol. The van der Waals surface area contributed by atoms with E-state index in [4.69, 9.17) is 4.74 Å². The van der Waals surface area contributed by atoms with Gasteiger partial charge in [-0.15, -0.1) is 0 Å². The highest BCUT2D eigenvalue weighted by Gasteiger charge is 1.99. The second-order valence-corrected chi connectivity index (χ2v) is 5.73. The number of ether oxygens (including phenoxy) is 1. The molecule has 0 radical (unpaired) electrons. The van der Waals surface area contributed by atoms with Crippen molar-refractivity contribution in [3.8, 4) is 5.75 Å². The first kappa shape index (κ1) is 15.5. The molecule has 0 saturated carbocycles. The molecule has 0 fully saturated rings. The quantitative estimate of drug-likeness (QED) is 0.841. The third-order valence-electron chi connectivity index (χ3n) is 3.14. The summed E-state index contributed by atoms with van der Waals surface area (Å²) in [6, 6.07) is 14.2. The molecular formula is C18H24N2O. The fourth-order valence-electron chi connectivity index (χ4n) is 2.05. The van der Waals surface area contributed by atoms with Gasteiger partial charge in [-0.3, -0.25) is 4.98 Å². The molecule has 21 heavy (non-hydrogen) atoms. The van der Waals surface area contributed by atoms with Crippen LogP contribution in [0.3, 0.4) is 0 Å². The van der Waals surface area contributed by atoms with Gasteiger partial charge in [-0.25, -0.2) is 0 Å². The largest absolute Gasteiger partial charge is 0.487 e. The van der Waals surface area contributed by atoms with Gasteiger partial charge in [0.15, 0.2) is 0 Å². The molecule has 0 atom stereocenters. The highest BCUT2D eigenvalue weighted by molar-refractivity contribution is 5.27. The van der Waals surface area contributed by atoms with Gasteiger partial charge in [0.2, 0.25) is 0 Å². The summed E-state index contributed by atoms with van der Waals surface area (Å²) in [6.45, 7) is 8.86. The van der Waals surface area contributed by atoms with Crippen molar-refractivity contribution in [1.29, 1.82) is 0 Å². The molecule has 0 bridgehead atoms. The minimum Gasteiger partial charge on any atom is -0.487 e. The van der Waals surface area contributed by atoms with Crippen LogP contribution in [0.25, 0.3) is 0 Å². The second kappa shape index (κ2) is 7.79. The summed E-state index contributed by atoms with van der Waals surface area (Å²) >= 11 is 0. The van der Waals surface area contributed by atoms with Gasteiger partial charge < -0.3 is 10.1 Å². The van der Waals surface area contributed by atoms with Crippen LogP contribution in [-0.4, -0.2) is 11.5 Å². The maximum atomic E-state index is 5.76. The predicted molar refractivity (Wildman–Crippen MR) is 86.3 cm³/mol. The summed E-state index contributed by atoms with van der Waals surface area (Å²) < 4.78 is 5.76. The molecule has 3 heteroatoms. The molecule has 0 unspecified atom stereocenters. The molecule has 0 aliphatic heterocycles. The van der Waals surface area contributed by atoms with Crippen molar-refractivity contribution in [2.75, 3.05) is 6.54 Å². The van der Waals surface area contributed by atoms with Crippen LogP contribution in [0.5, 0.6) is 5.75 Å². The number of hydrogen-bond donors (Lipinski definition) is 1. The summed E-state index contributed by atoms with van der Waals surface area (Å²) in [7, 11) is 0. The molecule has 1 N–H and O–H groups in total. The van der Waals surface area contributed by atoms with E-state index in [9.17, 15) is 0 Å². The smallest absolute Gasteiger partial charge is 0.130 e. The lowest BCUT2D eigenvalue weighted by atomic mass is 10.2. The number of nitrogens with one attached hydrogen (secondary N) is 1. The first-order valence-electron chi connectivity index (χ1n) is 7.48. The zero-order chi connectivity index (χ0) is 15.1. The van der Waals surface area contributed by atoms with E-state index in [1.165, 1.54) is 5.56 Å². The van der Waals surface area contributed by atoms with Crippen molar-refractivity contribution in [3.05, 3.63) is 59.4 Å². The molecule has 1 aromatic carbocycles. The second-order valence-electron chi connectivity index (χ2n) is 5.73. The highest BCUT2D eigenvalue weighted by atomic mass is 16.5. The Morgan fingerprint density at radius 1 is 1.10 bits per heavy atom. The van der Waals surface area contributed by atoms with Crippen LogP contribution < -0.4 is 10.1 Å². The third kappa shape index (κ3) is 5.56. The van der Waals surface area contributed by atoms with E-state index >= 15 is 0 Å². The van der Waals surface area contributed by atoms with E-state index in [2.05, 4.69) is 36.3 Å². The van der Waals surface area contributed by atoms with Gasteiger partial charge in [-0.1, -0.05) is 32.0 Å². The van der Waals surface area contributed by atoms with Crippen LogP contribution in [-0.2, 0) is 13.2 Å². The van der Waals surface area contributed by atoms with Crippen LogP contribution in [0, 0.1) is 12.8 Å². The van der Waals surface area contributed by atoms with Crippen molar-refractivity contribution in [1.82, 2.24) is 10.3 Å². The Bertz CT molecular complexity index is 549. The van der Waals surface area contributed by atoms with Gasteiger partial charge in [-0.05, 0) is 49.2 Å². The van der Waals surface area contributed by atoms with Gasteiger partial charge in [0.1, 0.15) is 12.4 Å². The Balaban J connectivity index is 1.82. The summed E-state index contributed by atoms with van der Waals surface area (Å²) in [5.74, 6) is 1.56. The molecule has 2 aromatic rings. The zero-order valence-corrected chi connectivity index (χ0v) is 13.1. The number of rotatable bonds is 7. The molecule has 1 heterocycles. The van der Waals surface area contributed by atoms with Gasteiger partial charge in [0.05, 0.1) is 5.69 Å². The molecule has 1 aromatic heterocycles. The standard InChI is InChI=1S/C18H24N2O/c1-14(2)11-19-12-16-7-9-18(10-8-16)21-13-17-6-4-5-15(3)20-17/h4-10,14,19H,11-13H2,1-3H3. The topological polar surface area (TPSA) is 34.1 Å². The molecule has 0 aliphatic carbocycles. The molecule has 0 aliphatic rings. The van der Waals surface area contributed by atoms with Crippen LogP contribution in [0.4, 0.5) is 0 Å². The van der Waals surface area contributed by atoms with Crippen molar-refractivity contribution < 1.29 is 4.74 Å². The van der Waals surface area contributed by atoms with Crippen LogP contribution in [0.1, 0.15) is 30.8 Å². The van der Waals surface area contributed by atoms with Crippen LogP contribution in [0.15, 0.2) is 42.5 Å². The first-order chi connectivity index (χ1) is 10.1. The first-order valence-corrected chi connectivity index (χ1v) is 7.48. The number of nitrogens with zero attached hydrogens (tertiary/aromatic N) is 1. The SMILES string of the molecule is Cc1cccc(COc2ccc(CNCC(C)C)cc2)n1. The predicted octanol–water partition coefficient (Wildman–Crippen LogP) is 3.71. The lowest BCUT2D eigenvalue weighted by Crippen LogP contribution is -2.18. The average molecular weight is 284 g/mol. The van der Waals surface area contributed by atoms with Gasteiger partial charge in [0, 0.05) is 12.2 Å². The fraction of sp³-hybridized carbons (Fsp3) is 0.389. The molecular weight excluding hydrogens is 260 g/mol. The molecule has 112 valence electrons. The Hall–Kier alpha value is -1.87. The van der Waals surface area contributed by atoms with Crippen molar-refractivity contribution in [2.45, 2.75) is 33.9 Å². The molecule has 0 amide bonds. The molecule has 3 nitrogen and oxygen atoms in total. The highest BCUT2D eigenvalue weighted by Crippen LogP contribution is 2.14.